The van der Waals surface area contributed by atoms with E-state index in [0.717, 1.165) is 0 Å². The van der Waals surface area contributed by atoms with Gasteiger partial charge in [-0.3, -0.25) is 0 Å². The number of carbonyl (C=O) groups is 1. The van der Waals surface area contributed by atoms with Crippen LogP contribution in [-0.4, -0.2) is 11.7 Å². The third kappa shape index (κ3) is 5.19. The van der Waals surface area contributed by atoms with Crippen molar-refractivity contribution in [3.05, 3.63) is 29.6 Å². The molecule has 0 aromatic heterocycles. The second-order valence-corrected chi connectivity index (χ2v) is 4.75. The predicted octanol–water partition coefficient (Wildman–Crippen LogP) is 2.43. The molecule has 1 rings (SSSR count). The van der Waals surface area contributed by atoms with Gasteiger partial charge in [0, 0.05) is 12.2 Å². The van der Waals surface area contributed by atoms with Crippen LogP contribution in [0.15, 0.2) is 18.2 Å². The summed E-state index contributed by atoms with van der Waals surface area (Å²) in [6.45, 7) is 5.49. The smallest absolute Gasteiger partial charge is 0.407 e. The third-order valence-corrected chi connectivity index (χ3v) is 1.82. The first-order valence-electron chi connectivity index (χ1n) is 5.28. The van der Waals surface area contributed by atoms with Gasteiger partial charge in [0.2, 0.25) is 0 Å². The molecule has 0 radical (unpaired) electrons. The largest absolute Gasteiger partial charge is 0.444 e. The molecule has 0 aliphatic rings. The molecule has 0 spiro atoms. The molecule has 0 saturated carbocycles. The minimum Gasteiger partial charge on any atom is -0.444 e. The Labute approximate surface area is 100.0 Å². The molecular weight excluding hydrogens is 223 g/mol. The van der Waals surface area contributed by atoms with E-state index in [1.165, 1.54) is 12.1 Å². The number of hydrogen-bond acceptors (Lipinski definition) is 3. The Morgan fingerprint density at radius 3 is 2.59 bits per heavy atom. The fourth-order valence-electron chi connectivity index (χ4n) is 1.27. The van der Waals surface area contributed by atoms with E-state index in [4.69, 9.17) is 10.5 Å². The Morgan fingerprint density at radius 2 is 2.06 bits per heavy atom. The van der Waals surface area contributed by atoms with Gasteiger partial charge in [0.25, 0.3) is 0 Å². The highest BCUT2D eigenvalue weighted by molar-refractivity contribution is 5.67. The molecule has 1 amide bonds. The number of ether oxygens (including phenoxy) is 1. The number of nitrogen functional groups attached to an aromatic ring is 1. The van der Waals surface area contributed by atoms with Crippen molar-refractivity contribution in [2.24, 2.45) is 0 Å². The van der Waals surface area contributed by atoms with Gasteiger partial charge < -0.3 is 15.8 Å². The van der Waals surface area contributed by atoms with Crippen LogP contribution in [0.5, 0.6) is 0 Å². The predicted molar refractivity (Wildman–Crippen MR) is 63.9 cm³/mol. The summed E-state index contributed by atoms with van der Waals surface area (Å²) in [5.74, 6) is -0.425. The summed E-state index contributed by atoms with van der Waals surface area (Å²) in [5.41, 5.74) is 5.85. The Bertz CT molecular complexity index is 393. The third-order valence-electron chi connectivity index (χ3n) is 1.82. The van der Waals surface area contributed by atoms with Crippen molar-refractivity contribution in [3.8, 4) is 0 Å². The summed E-state index contributed by atoms with van der Waals surface area (Å²) in [4.78, 5) is 11.3. The lowest BCUT2D eigenvalue weighted by molar-refractivity contribution is 0.0523. The summed E-state index contributed by atoms with van der Waals surface area (Å²) in [7, 11) is 0. The molecule has 0 saturated heterocycles. The van der Waals surface area contributed by atoms with Gasteiger partial charge in [-0.1, -0.05) is 0 Å². The van der Waals surface area contributed by atoms with Crippen molar-refractivity contribution in [3.63, 3.8) is 0 Å². The first kappa shape index (κ1) is 13.3. The highest BCUT2D eigenvalue weighted by atomic mass is 19.1. The van der Waals surface area contributed by atoms with Gasteiger partial charge in [-0.05, 0) is 44.5 Å². The van der Waals surface area contributed by atoms with Gasteiger partial charge >= 0.3 is 6.09 Å². The van der Waals surface area contributed by atoms with E-state index < -0.39 is 17.5 Å². The summed E-state index contributed by atoms with van der Waals surface area (Å²) in [6.07, 6.45) is -0.541. The van der Waals surface area contributed by atoms with Crippen LogP contribution in [0.2, 0.25) is 0 Å². The Balaban J connectivity index is 2.53. The molecule has 0 fully saturated rings. The number of hydrogen-bond donors (Lipinski definition) is 2. The van der Waals surface area contributed by atoms with Crippen LogP contribution in [-0.2, 0) is 11.3 Å². The number of nitrogens with two attached hydrogens (primary N) is 1. The lowest BCUT2D eigenvalue weighted by Gasteiger charge is -2.19. The zero-order chi connectivity index (χ0) is 13.1. The second kappa shape index (κ2) is 5.03. The highest BCUT2D eigenvalue weighted by Gasteiger charge is 2.15. The first-order chi connectivity index (χ1) is 7.76. The molecule has 1 aromatic carbocycles. The summed E-state index contributed by atoms with van der Waals surface area (Å²) in [5, 5.41) is 2.53. The first-order valence-corrected chi connectivity index (χ1v) is 5.28. The molecule has 17 heavy (non-hydrogen) atoms. The standard InChI is InChI=1S/C12H17FN2O2/c1-12(2,3)17-11(16)15-7-8-4-9(13)6-10(14)5-8/h4-6H,7,14H2,1-3H3,(H,15,16). The van der Waals surface area contributed by atoms with E-state index in [1.54, 1.807) is 26.8 Å². The van der Waals surface area contributed by atoms with Gasteiger partial charge in [0.15, 0.2) is 0 Å². The lowest BCUT2D eigenvalue weighted by Crippen LogP contribution is -2.32. The molecule has 4 nitrogen and oxygen atoms in total. The van der Waals surface area contributed by atoms with Crippen molar-refractivity contribution in [1.29, 1.82) is 0 Å². The Kier molecular flexibility index (Phi) is 3.93. The topological polar surface area (TPSA) is 64.3 Å². The average Bonchev–Trinajstić information content (AvgIpc) is 2.10. The SMILES string of the molecule is CC(C)(C)OC(=O)NCc1cc(N)cc(F)c1. The number of benzene rings is 1. The zero-order valence-corrected chi connectivity index (χ0v) is 10.2. The van der Waals surface area contributed by atoms with Gasteiger partial charge in [0.1, 0.15) is 11.4 Å². The minimum atomic E-state index is -0.551. The van der Waals surface area contributed by atoms with E-state index in [9.17, 15) is 9.18 Å². The molecular formula is C12H17FN2O2. The molecule has 1 aromatic rings. The van der Waals surface area contributed by atoms with E-state index in [1.807, 2.05) is 0 Å². The maximum Gasteiger partial charge on any atom is 0.407 e. The number of halogens is 1. The van der Waals surface area contributed by atoms with Gasteiger partial charge in [0.05, 0.1) is 0 Å². The molecule has 0 unspecified atom stereocenters. The minimum absolute atomic E-state index is 0.177. The van der Waals surface area contributed by atoms with Crippen LogP contribution >= 0.6 is 0 Å². The number of amides is 1. The summed E-state index contributed by atoms with van der Waals surface area (Å²) < 4.78 is 18.0. The molecule has 0 atom stereocenters. The van der Waals surface area contributed by atoms with Gasteiger partial charge in [-0.15, -0.1) is 0 Å². The van der Waals surface area contributed by atoms with Crippen LogP contribution in [0, 0.1) is 5.82 Å². The van der Waals surface area contributed by atoms with Gasteiger partial charge in [-0.2, -0.15) is 0 Å². The quantitative estimate of drug-likeness (QED) is 0.780. The number of rotatable bonds is 2. The van der Waals surface area contributed by atoms with Crippen LogP contribution in [0.1, 0.15) is 26.3 Å². The van der Waals surface area contributed by atoms with Gasteiger partial charge in [-0.25, -0.2) is 9.18 Å². The van der Waals surface area contributed by atoms with E-state index in [-0.39, 0.29) is 6.54 Å². The molecule has 0 aliphatic carbocycles. The fraction of sp³-hybridized carbons (Fsp3) is 0.417. The molecule has 3 N–H and O–H groups in total. The molecule has 94 valence electrons. The Morgan fingerprint density at radius 1 is 1.41 bits per heavy atom. The number of alkyl carbamates (subject to hydrolysis) is 1. The number of anilines is 1. The maximum absolute atomic E-state index is 13.0. The lowest BCUT2D eigenvalue weighted by atomic mass is 10.2. The number of carbonyl (C=O) groups excluding carboxylic acids is 1. The van der Waals surface area contributed by atoms with Crippen molar-refractivity contribution in [2.45, 2.75) is 32.9 Å². The van der Waals surface area contributed by atoms with Crippen LogP contribution in [0.25, 0.3) is 0 Å². The highest BCUT2D eigenvalue weighted by Crippen LogP contribution is 2.11. The second-order valence-electron chi connectivity index (χ2n) is 4.75. The normalized spacial score (nSPS) is 11.1. The molecule has 5 heteroatoms. The van der Waals surface area contributed by atoms with Crippen molar-refractivity contribution in [2.75, 3.05) is 5.73 Å². The maximum atomic E-state index is 13.0. The average molecular weight is 240 g/mol. The Hall–Kier alpha value is -1.78. The summed E-state index contributed by atoms with van der Waals surface area (Å²) >= 11 is 0. The van der Waals surface area contributed by atoms with Crippen molar-refractivity contribution in [1.82, 2.24) is 5.32 Å². The van der Waals surface area contributed by atoms with Crippen LogP contribution in [0.4, 0.5) is 14.9 Å². The monoisotopic (exact) mass is 240 g/mol. The van der Waals surface area contributed by atoms with Crippen molar-refractivity contribution >= 4 is 11.8 Å². The fourth-order valence-corrected chi connectivity index (χ4v) is 1.27. The van der Waals surface area contributed by atoms with E-state index in [0.29, 0.717) is 11.3 Å². The van der Waals surface area contributed by atoms with E-state index in [2.05, 4.69) is 5.32 Å². The molecule has 0 bridgehead atoms. The zero-order valence-electron chi connectivity index (χ0n) is 10.2. The molecule has 0 aliphatic heterocycles. The van der Waals surface area contributed by atoms with E-state index >= 15 is 0 Å². The molecule has 0 heterocycles. The van der Waals surface area contributed by atoms with Crippen LogP contribution in [0.3, 0.4) is 0 Å². The summed E-state index contributed by atoms with van der Waals surface area (Å²) in [6, 6.07) is 4.13. The van der Waals surface area contributed by atoms with Crippen molar-refractivity contribution < 1.29 is 13.9 Å². The number of nitrogens with one attached hydrogen (secondary N) is 1. The van der Waals surface area contributed by atoms with Crippen LogP contribution < -0.4 is 11.1 Å².